The number of ether oxygens (including phenoxy) is 2. The zero-order valence-electron chi connectivity index (χ0n) is 15.5. The van der Waals surface area contributed by atoms with Crippen molar-refractivity contribution in [2.45, 2.75) is 6.04 Å². The smallest absolute Gasteiger partial charge is 0.252 e. The van der Waals surface area contributed by atoms with E-state index in [0.717, 1.165) is 17.7 Å². The van der Waals surface area contributed by atoms with Gasteiger partial charge in [-0.2, -0.15) is 0 Å². The first-order valence-corrected chi connectivity index (χ1v) is 8.47. The molecule has 0 aliphatic heterocycles. The van der Waals surface area contributed by atoms with Gasteiger partial charge in [-0.15, -0.1) is 0 Å². The quantitative estimate of drug-likeness (QED) is 0.723. The Morgan fingerprint density at radius 2 is 1.74 bits per heavy atom. The fourth-order valence-electron chi connectivity index (χ4n) is 2.64. The molecule has 0 spiro atoms. The Morgan fingerprint density at radius 3 is 2.33 bits per heavy atom. The molecule has 0 radical (unpaired) electrons. The minimum Gasteiger partial charge on any atom is -0.493 e. The summed E-state index contributed by atoms with van der Waals surface area (Å²) in [5.74, 6) is -1.67. The third-order valence-corrected chi connectivity index (χ3v) is 4.44. The molecule has 0 aromatic heterocycles. The molecule has 0 aliphatic carbocycles. The summed E-state index contributed by atoms with van der Waals surface area (Å²) in [6.07, 6.45) is 0. The largest absolute Gasteiger partial charge is 0.493 e. The molecule has 2 aromatic rings. The third kappa shape index (κ3) is 4.87. The minimum atomic E-state index is -1.13. The summed E-state index contributed by atoms with van der Waals surface area (Å²) in [7, 11) is 6.81. The maximum atomic E-state index is 13.4. The van der Waals surface area contributed by atoms with Gasteiger partial charge in [0, 0.05) is 6.54 Å². The van der Waals surface area contributed by atoms with Gasteiger partial charge in [0.25, 0.3) is 5.91 Å². The first-order chi connectivity index (χ1) is 12.8. The molecule has 1 N–H and O–H groups in total. The Hall–Kier alpha value is -2.38. The maximum absolute atomic E-state index is 13.4. The Labute approximate surface area is 161 Å². The zero-order valence-corrected chi connectivity index (χ0v) is 16.2. The lowest BCUT2D eigenvalue weighted by Crippen LogP contribution is -2.34. The predicted octanol–water partition coefficient (Wildman–Crippen LogP) is 3.67. The number of amides is 1. The van der Waals surface area contributed by atoms with Gasteiger partial charge < -0.3 is 19.7 Å². The van der Waals surface area contributed by atoms with Gasteiger partial charge in [0.1, 0.15) is 0 Å². The van der Waals surface area contributed by atoms with Gasteiger partial charge in [0.2, 0.25) is 0 Å². The molecule has 5 nitrogen and oxygen atoms in total. The van der Waals surface area contributed by atoms with Gasteiger partial charge in [-0.05, 0) is 43.9 Å². The number of likely N-dealkylation sites (N-methyl/N-ethyl adjacent to an activating group) is 1. The highest BCUT2D eigenvalue weighted by atomic mass is 35.5. The van der Waals surface area contributed by atoms with Crippen molar-refractivity contribution >= 4 is 17.5 Å². The van der Waals surface area contributed by atoms with Crippen molar-refractivity contribution < 1.29 is 23.0 Å². The second-order valence-corrected chi connectivity index (χ2v) is 6.46. The summed E-state index contributed by atoms with van der Waals surface area (Å²) >= 11 is 5.86. The number of nitrogens with one attached hydrogen (secondary N) is 1. The van der Waals surface area contributed by atoms with Crippen molar-refractivity contribution in [3.63, 3.8) is 0 Å². The van der Waals surface area contributed by atoms with Gasteiger partial charge in [-0.3, -0.25) is 4.79 Å². The maximum Gasteiger partial charge on any atom is 0.252 e. The van der Waals surface area contributed by atoms with Gasteiger partial charge >= 0.3 is 0 Å². The van der Waals surface area contributed by atoms with Crippen LogP contribution in [0, 0.1) is 11.6 Å². The van der Waals surface area contributed by atoms with E-state index in [1.54, 1.807) is 20.3 Å². The summed E-state index contributed by atoms with van der Waals surface area (Å²) in [6.45, 7) is 0.219. The van der Waals surface area contributed by atoms with Crippen LogP contribution in [0.3, 0.4) is 0 Å². The average Bonchev–Trinajstić information content (AvgIpc) is 2.64. The molecule has 0 fully saturated rings. The van der Waals surface area contributed by atoms with Crippen LogP contribution < -0.4 is 14.8 Å². The van der Waals surface area contributed by atoms with Crippen molar-refractivity contribution in [3.05, 3.63) is 58.1 Å². The number of benzene rings is 2. The number of nitrogens with zero attached hydrogens (tertiary/aromatic N) is 1. The van der Waals surface area contributed by atoms with Gasteiger partial charge in [-0.25, -0.2) is 8.78 Å². The van der Waals surface area contributed by atoms with Gasteiger partial charge in [0.05, 0.1) is 30.8 Å². The van der Waals surface area contributed by atoms with E-state index < -0.39 is 17.5 Å². The summed E-state index contributed by atoms with van der Waals surface area (Å²) in [5.41, 5.74) is 0.759. The first kappa shape index (κ1) is 20.9. The SMILES string of the molecule is COc1ccc([C@@H](CNC(=O)c2cc(F)c(F)cc2Cl)N(C)C)cc1OC. The standard InChI is InChI=1S/C19H21ClF2N2O3/c1-24(2)16(11-5-6-17(26-3)18(7-11)27-4)10-23-19(25)12-8-14(21)15(22)9-13(12)20/h5-9,16H,10H2,1-4H3,(H,23,25)/t16-/m1/s1. The van der Waals surface area contributed by atoms with Crippen molar-refractivity contribution in [1.29, 1.82) is 0 Å². The monoisotopic (exact) mass is 398 g/mol. The lowest BCUT2D eigenvalue weighted by atomic mass is 10.0. The average molecular weight is 399 g/mol. The van der Waals surface area contributed by atoms with Crippen LogP contribution in [0.25, 0.3) is 0 Å². The van der Waals surface area contributed by atoms with E-state index in [2.05, 4.69) is 5.32 Å². The van der Waals surface area contributed by atoms with Crippen LogP contribution in [-0.4, -0.2) is 45.7 Å². The lowest BCUT2D eigenvalue weighted by molar-refractivity contribution is 0.0941. The van der Waals surface area contributed by atoms with Gasteiger partial charge in [0.15, 0.2) is 23.1 Å². The van der Waals surface area contributed by atoms with E-state index in [9.17, 15) is 13.6 Å². The van der Waals surface area contributed by atoms with E-state index in [1.165, 1.54) is 0 Å². The summed E-state index contributed by atoms with van der Waals surface area (Å²) in [5, 5.41) is 2.55. The number of hydrogen-bond acceptors (Lipinski definition) is 4. The van der Waals surface area contributed by atoms with Crippen LogP contribution >= 0.6 is 11.6 Å². The summed E-state index contributed by atoms with van der Waals surface area (Å²) < 4.78 is 37.1. The molecular weight excluding hydrogens is 378 g/mol. The summed E-state index contributed by atoms with van der Waals surface area (Å²) in [4.78, 5) is 14.3. The molecule has 8 heteroatoms. The second-order valence-electron chi connectivity index (χ2n) is 6.05. The molecule has 0 bridgehead atoms. The van der Waals surface area contributed by atoms with Gasteiger partial charge in [-0.1, -0.05) is 17.7 Å². The molecule has 0 unspecified atom stereocenters. The normalized spacial score (nSPS) is 12.0. The molecule has 2 aromatic carbocycles. The van der Waals surface area contributed by atoms with Crippen LogP contribution in [0.15, 0.2) is 30.3 Å². The fourth-order valence-corrected chi connectivity index (χ4v) is 2.88. The molecule has 0 heterocycles. The van der Waals surface area contributed by atoms with Crippen molar-refractivity contribution in [2.75, 3.05) is 34.9 Å². The molecule has 2 rings (SSSR count). The fraction of sp³-hybridized carbons (Fsp3) is 0.316. The minimum absolute atomic E-state index is 0.125. The molecule has 146 valence electrons. The highest BCUT2D eigenvalue weighted by Crippen LogP contribution is 2.31. The van der Waals surface area contributed by atoms with E-state index in [0.29, 0.717) is 11.5 Å². The Kier molecular flexibility index (Phi) is 6.98. The number of halogens is 3. The number of hydrogen-bond donors (Lipinski definition) is 1. The van der Waals surface area contributed by atoms with Crippen LogP contribution in [0.1, 0.15) is 22.0 Å². The van der Waals surface area contributed by atoms with Crippen LogP contribution in [0.5, 0.6) is 11.5 Å². The van der Waals surface area contributed by atoms with Crippen molar-refractivity contribution in [1.82, 2.24) is 10.2 Å². The lowest BCUT2D eigenvalue weighted by Gasteiger charge is -2.26. The molecule has 1 amide bonds. The van der Waals surface area contributed by atoms with Crippen LogP contribution in [-0.2, 0) is 0 Å². The molecular formula is C19H21ClF2N2O3. The van der Waals surface area contributed by atoms with E-state index in [-0.39, 0.29) is 23.2 Å². The number of rotatable bonds is 7. The molecule has 27 heavy (non-hydrogen) atoms. The van der Waals surface area contributed by atoms with E-state index >= 15 is 0 Å². The Balaban J connectivity index is 2.20. The molecule has 0 saturated carbocycles. The van der Waals surface area contributed by atoms with Crippen LogP contribution in [0.2, 0.25) is 5.02 Å². The highest BCUT2D eigenvalue weighted by molar-refractivity contribution is 6.33. The number of carbonyl (C=O) groups excluding carboxylic acids is 1. The molecule has 1 atom stereocenters. The Bertz CT molecular complexity index is 831. The van der Waals surface area contributed by atoms with Crippen LogP contribution in [0.4, 0.5) is 8.78 Å². The van der Waals surface area contributed by atoms with Crippen molar-refractivity contribution in [2.24, 2.45) is 0 Å². The summed E-state index contributed by atoms with van der Waals surface area (Å²) in [6, 6.07) is 6.83. The number of methoxy groups -OCH3 is 2. The molecule has 0 saturated heterocycles. The number of carbonyl (C=O) groups is 1. The van der Waals surface area contributed by atoms with E-state index in [1.807, 2.05) is 31.1 Å². The predicted molar refractivity (Wildman–Crippen MR) is 99.7 cm³/mol. The Morgan fingerprint density at radius 1 is 1.11 bits per heavy atom. The second kappa shape index (κ2) is 9.01. The van der Waals surface area contributed by atoms with E-state index in [4.69, 9.17) is 21.1 Å². The molecule has 0 aliphatic rings. The highest BCUT2D eigenvalue weighted by Gasteiger charge is 2.20. The first-order valence-electron chi connectivity index (χ1n) is 8.09. The van der Waals surface area contributed by atoms with Crippen molar-refractivity contribution in [3.8, 4) is 11.5 Å². The zero-order chi connectivity index (χ0) is 20.1. The third-order valence-electron chi connectivity index (χ3n) is 4.13. The topological polar surface area (TPSA) is 50.8 Å².